The molecule has 1 rings (SSSR count). The van der Waals surface area contributed by atoms with Gasteiger partial charge in [0.25, 0.3) is 0 Å². The third kappa shape index (κ3) is 1.48. The van der Waals surface area contributed by atoms with Crippen LogP contribution in [0.1, 0.15) is 25.7 Å². The molecule has 1 saturated carbocycles. The minimum absolute atomic E-state index is 0.321. The van der Waals surface area contributed by atoms with Gasteiger partial charge < -0.3 is 5.11 Å². The van der Waals surface area contributed by atoms with Crippen molar-refractivity contribution in [3.05, 3.63) is 4.91 Å². The lowest BCUT2D eigenvalue weighted by atomic mass is 9.93. The van der Waals surface area contributed by atoms with Gasteiger partial charge in [0.05, 0.1) is 6.10 Å². The summed E-state index contributed by atoms with van der Waals surface area (Å²) in [6, 6.07) is -0.321. The van der Waals surface area contributed by atoms with E-state index < -0.39 is 6.10 Å². The Kier molecular flexibility index (Phi) is 2.16. The average Bonchev–Trinajstić information content (AvgIpc) is 1.89. The van der Waals surface area contributed by atoms with Crippen LogP contribution in [0.15, 0.2) is 5.18 Å². The van der Waals surface area contributed by atoms with E-state index in [1.807, 2.05) is 0 Å². The minimum Gasteiger partial charge on any atom is -0.391 e. The van der Waals surface area contributed by atoms with E-state index in [4.69, 9.17) is 5.11 Å². The molecule has 9 heavy (non-hydrogen) atoms. The number of aliphatic hydroxyl groups is 1. The summed E-state index contributed by atoms with van der Waals surface area (Å²) in [6.45, 7) is 0. The van der Waals surface area contributed by atoms with Crippen molar-refractivity contribution >= 4 is 0 Å². The molecule has 1 aliphatic carbocycles. The lowest BCUT2D eigenvalue weighted by Gasteiger charge is -2.20. The van der Waals surface area contributed by atoms with Crippen LogP contribution < -0.4 is 0 Å². The van der Waals surface area contributed by atoms with Crippen molar-refractivity contribution < 1.29 is 5.11 Å². The molecular weight excluding hydrogens is 118 g/mol. The fraction of sp³-hybridized carbons (Fsp3) is 1.00. The topological polar surface area (TPSA) is 49.7 Å². The summed E-state index contributed by atoms with van der Waals surface area (Å²) in [4.78, 5) is 9.96. The third-order valence-electron chi connectivity index (χ3n) is 1.83. The molecule has 0 unspecified atom stereocenters. The number of nitroso groups, excluding NO2 is 1. The zero-order chi connectivity index (χ0) is 6.69. The van der Waals surface area contributed by atoms with Crippen molar-refractivity contribution in [3.8, 4) is 0 Å². The second-order valence-corrected chi connectivity index (χ2v) is 2.52. The molecule has 0 amide bonds. The van der Waals surface area contributed by atoms with Gasteiger partial charge in [-0.15, -0.1) is 0 Å². The summed E-state index contributed by atoms with van der Waals surface area (Å²) in [5.41, 5.74) is 0. The van der Waals surface area contributed by atoms with Gasteiger partial charge in [-0.3, -0.25) is 0 Å². The third-order valence-corrected chi connectivity index (χ3v) is 1.83. The summed E-state index contributed by atoms with van der Waals surface area (Å²) < 4.78 is 0. The first-order valence-corrected chi connectivity index (χ1v) is 3.35. The predicted octanol–water partition coefficient (Wildman–Crippen LogP) is 1.06. The fourth-order valence-electron chi connectivity index (χ4n) is 1.21. The van der Waals surface area contributed by atoms with Crippen LogP contribution >= 0.6 is 0 Å². The van der Waals surface area contributed by atoms with Gasteiger partial charge >= 0.3 is 0 Å². The Labute approximate surface area is 54.0 Å². The summed E-state index contributed by atoms with van der Waals surface area (Å²) in [5, 5.41) is 11.9. The second kappa shape index (κ2) is 2.92. The standard InChI is InChI=1S/C6H11NO2/c8-6-4-2-1-3-5(6)7-9/h5-6,8H,1-4H2/t5-,6+/m1/s1. The van der Waals surface area contributed by atoms with Gasteiger partial charge in [0.15, 0.2) is 0 Å². The van der Waals surface area contributed by atoms with Gasteiger partial charge in [-0.2, -0.15) is 4.91 Å². The highest BCUT2D eigenvalue weighted by Crippen LogP contribution is 2.20. The van der Waals surface area contributed by atoms with Crippen molar-refractivity contribution in [2.75, 3.05) is 0 Å². The molecule has 0 aromatic rings. The molecule has 0 radical (unpaired) electrons. The largest absolute Gasteiger partial charge is 0.391 e. The van der Waals surface area contributed by atoms with Gasteiger partial charge in [-0.25, -0.2) is 0 Å². The average molecular weight is 129 g/mol. The molecule has 3 heteroatoms. The molecule has 0 spiro atoms. The summed E-state index contributed by atoms with van der Waals surface area (Å²) in [7, 11) is 0. The van der Waals surface area contributed by atoms with Gasteiger partial charge in [0, 0.05) is 0 Å². The van der Waals surface area contributed by atoms with Crippen molar-refractivity contribution in [1.29, 1.82) is 0 Å². The zero-order valence-electron chi connectivity index (χ0n) is 5.29. The molecule has 1 fully saturated rings. The van der Waals surface area contributed by atoms with Crippen molar-refractivity contribution in [1.82, 2.24) is 0 Å². The SMILES string of the molecule is O=N[C@@H]1CCCC[C@@H]1O. The van der Waals surface area contributed by atoms with E-state index in [-0.39, 0.29) is 6.04 Å². The lowest BCUT2D eigenvalue weighted by Crippen LogP contribution is -2.27. The van der Waals surface area contributed by atoms with Crippen LogP contribution in [0.2, 0.25) is 0 Å². The summed E-state index contributed by atoms with van der Waals surface area (Å²) in [5.74, 6) is 0. The minimum atomic E-state index is -0.462. The lowest BCUT2D eigenvalue weighted by molar-refractivity contribution is 0.109. The summed E-state index contributed by atoms with van der Waals surface area (Å²) >= 11 is 0. The first-order chi connectivity index (χ1) is 4.34. The Hall–Kier alpha value is -0.440. The monoisotopic (exact) mass is 129 g/mol. The maximum atomic E-state index is 9.96. The molecule has 0 aliphatic heterocycles. The molecule has 2 atom stereocenters. The number of hydrogen-bond acceptors (Lipinski definition) is 3. The first kappa shape index (κ1) is 6.68. The highest BCUT2D eigenvalue weighted by Gasteiger charge is 2.22. The smallest absolute Gasteiger partial charge is 0.118 e. The van der Waals surface area contributed by atoms with E-state index in [0.29, 0.717) is 0 Å². The molecule has 0 aromatic heterocycles. The number of nitrogens with zero attached hydrogens (tertiary/aromatic N) is 1. The maximum Gasteiger partial charge on any atom is 0.118 e. The highest BCUT2D eigenvalue weighted by molar-refractivity contribution is 4.79. The van der Waals surface area contributed by atoms with Crippen LogP contribution in [0.5, 0.6) is 0 Å². The molecular formula is C6H11NO2. The van der Waals surface area contributed by atoms with Crippen LogP contribution in [-0.2, 0) is 0 Å². The fourth-order valence-corrected chi connectivity index (χ4v) is 1.21. The summed E-state index contributed by atoms with van der Waals surface area (Å²) in [6.07, 6.45) is 3.12. The molecule has 1 aliphatic rings. The Morgan fingerprint density at radius 2 is 2.00 bits per heavy atom. The van der Waals surface area contributed by atoms with Crippen molar-refractivity contribution in [3.63, 3.8) is 0 Å². The molecule has 0 saturated heterocycles. The van der Waals surface area contributed by atoms with E-state index >= 15 is 0 Å². The van der Waals surface area contributed by atoms with E-state index in [0.717, 1.165) is 25.7 Å². The molecule has 1 N–H and O–H groups in total. The van der Waals surface area contributed by atoms with E-state index in [2.05, 4.69) is 5.18 Å². The van der Waals surface area contributed by atoms with Gasteiger partial charge in [-0.1, -0.05) is 18.0 Å². The highest BCUT2D eigenvalue weighted by atomic mass is 16.3. The van der Waals surface area contributed by atoms with Gasteiger partial charge in [-0.05, 0) is 12.8 Å². The first-order valence-electron chi connectivity index (χ1n) is 3.35. The molecule has 0 heterocycles. The Bertz CT molecular complexity index is 105. The zero-order valence-corrected chi connectivity index (χ0v) is 5.29. The van der Waals surface area contributed by atoms with Crippen LogP contribution in [-0.4, -0.2) is 17.3 Å². The van der Waals surface area contributed by atoms with E-state index in [1.54, 1.807) is 0 Å². The molecule has 0 bridgehead atoms. The van der Waals surface area contributed by atoms with Crippen LogP contribution in [0, 0.1) is 4.91 Å². The normalized spacial score (nSPS) is 36.1. The maximum absolute atomic E-state index is 9.96. The number of rotatable bonds is 1. The number of hydrogen-bond donors (Lipinski definition) is 1. The van der Waals surface area contributed by atoms with Crippen LogP contribution in [0.3, 0.4) is 0 Å². The van der Waals surface area contributed by atoms with Crippen molar-refractivity contribution in [2.24, 2.45) is 5.18 Å². The second-order valence-electron chi connectivity index (χ2n) is 2.52. The molecule has 3 nitrogen and oxygen atoms in total. The van der Waals surface area contributed by atoms with E-state index in [9.17, 15) is 4.91 Å². The predicted molar refractivity (Wildman–Crippen MR) is 34.1 cm³/mol. The quantitative estimate of drug-likeness (QED) is 0.538. The van der Waals surface area contributed by atoms with Crippen LogP contribution in [0.25, 0.3) is 0 Å². The molecule has 0 aromatic carbocycles. The Morgan fingerprint density at radius 3 is 2.44 bits per heavy atom. The Balaban J connectivity index is 2.38. The molecule has 52 valence electrons. The Morgan fingerprint density at radius 1 is 1.33 bits per heavy atom. The van der Waals surface area contributed by atoms with Gasteiger partial charge in [0.1, 0.15) is 6.04 Å². The van der Waals surface area contributed by atoms with Gasteiger partial charge in [0.2, 0.25) is 0 Å². The van der Waals surface area contributed by atoms with Crippen LogP contribution in [0.4, 0.5) is 0 Å². The van der Waals surface area contributed by atoms with E-state index in [1.165, 1.54) is 0 Å². The van der Waals surface area contributed by atoms with Crippen molar-refractivity contribution in [2.45, 2.75) is 37.8 Å². The number of aliphatic hydroxyl groups excluding tert-OH is 1.